The zero-order valence-electron chi connectivity index (χ0n) is 13.5. The van der Waals surface area contributed by atoms with Gasteiger partial charge in [-0.15, -0.1) is 0 Å². The second kappa shape index (κ2) is 8.19. The van der Waals surface area contributed by atoms with E-state index in [2.05, 4.69) is 0 Å². The van der Waals surface area contributed by atoms with Gasteiger partial charge in [0.2, 0.25) is 0 Å². The van der Waals surface area contributed by atoms with Gasteiger partial charge in [0.05, 0.1) is 4.91 Å². The van der Waals surface area contributed by atoms with Crippen LogP contribution in [0.4, 0.5) is 0 Å². The maximum Gasteiger partial charge on any atom is 0.265 e. The average Bonchev–Trinajstić information content (AvgIpc) is 2.83. The van der Waals surface area contributed by atoms with E-state index in [0.717, 1.165) is 0 Å². The first kappa shape index (κ1) is 19.5. The summed E-state index contributed by atoms with van der Waals surface area (Å²) in [7, 11) is 1.65. The zero-order chi connectivity index (χ0) is 18.8. The molecule has 3 nitrogen and oxygen atoms in total. The van der Waals surface area contributed by atoms with Crippen LogP contribution in [-0.2, 0) is 11.4 Å². The summed E-state index contributed by atoms with van der Waals surface area (Å²) in [5.41, 5.74) is 1.37. The topological polar surface area (TPSA) is 29.5 Å². The molecule has 3 rings (SSSR count). The third-order valence-corrected chi connectivity index (χ3v) is 6.11. The molecule has 0 radical (unpaired) electrons. The second-order valence-electron chi connectivity index (χ2n) is 5.41. The van der Waals surface area contributed by atoms with E-state index in [1.54, 1.807) is 49.5 Å². The van der Waals surface area contributed by atoms with E-state index >= 15 is 0 Å². The minimum Gasteiger partial charge on any atom is -0.488 e. The third-order valence-electron chi connectivity index (χ3n) is 3.68. The third kappa shape index (κ3) is 4.18. The molecule has 0 aromatic heterocycles. The van der Waals surface area contributed by atoms with Gasteiger partial charge in [0.25, 0.3) is 5.91 Å². The van der Waals surface area contributed by atoms with Crippen LogP contribution in [0, 0.1) is 0 Å². The van der Waals surface area contributed by atoms with Crippen LogP contribution in [0.25, 0.3) is 6.08 Å². The second-order valence-corrected chi connectivity index (χ2v) is 8.34. The molecule has 26 heavy (non-hydrogen) atoms. The molecule has 1 aliphatic rings. The highest BCUT2D eigenvalue weighted by Gasteiger charge is 2.29. The van der Waals surface area contributed by atoms with Gasteiger partial charge < -0.3 is 4.74 Å². The summed E-state index contributed by atoms with van der Waals surface area (Å²) >= 11 is 24.9. The number of amides is 1. The molecule has 0 bridgehead atoms. The van der Waals surface area contributed by atoms with Crippen molar-refractivity contribution in [3.05, 3.63) is 67.5 Å². The molecule has 134 valence electrons. The molecule has 1 aliphatic heterocycles. The Balaban J connectivity index is 1.90. The Labute approximate surface area is 175 Å². The first-order chi connectivity index (χ1) is 12.4. The molecular weight excluding hydrogens is 433 g/mol. The van der Waals surface area contributed by atoms with E-state index in [-0.39, 0.29) is 12.5 Å². The number of carbonyl (C=O) groups excluding carboxylic acids is 1. The van der Waals surface area contributed by atoms with Gasteiger partial charge in [0.1, 0.15) is 16.7 Å². The Morgan fingerprint density at radius 3 is 2.50 bits per heavy atom. The highest BCUT2D eigenvalue weighted by molar-refractivity contribution is 8.26. The molecule has 2 aromatic carbocycles. The number of halogens is 3. The van der Waals surface area contributed by atoms with Gasteiger partial charge in [-0.1, -0.05) is 64.8 Å². The number of nitrogens with zero attached hydrogens (tertiary/aromatic N) is 1. The Morgan fingerprint density at radius 2 is 1.88 bits per heavy atom. The van der Waals surface area contributed by atoms with Crippen molar-refractivity contribution in [2.45, 2.75) is 6.61 Å². The molecule has 8 heteroatoms. The fourth-order valence-corrected chi connectivity index (χ4v) is 4.13. The number of hydrogen-bond acceptors (Lipinski definition) is 4. The van der Waals surface area contributed by atoms with Gasteiger partial charge in [-0.25, -0.2) is 0 Å². The summed E-state index contributed by atoms with van der Waals surface area (Å²) in [5.74, 6) is 0.409. The van der Waals surface area contributed by atoms with Crippen LogP contribution < -0.4 is 4.74 Å². The Bertz CT molecular complexity index is 910. The van der Waals surface area contributed by atoms with Crippen molar-refractivity contribution in [3.8, 4) is 5.75 Å². The maximum atomic E-state index is 12.2. The summed E-state index contributed by atoms with van der Waals surface area (Å²) in [5, 5.41) is 1.59. The average molecular weight is 445 g/mol. The van der Waals surface area contributed by atoms with Crippen LogP contribution in [0.3, 0.4) is 0 Å². The zero-order valence-corrected chi connectivity index (χ0v) is 17.4. The van der Waals surface area contributed by atoms with E-state index < -0.39 is 0 Å². The molecule has 2 aromatic rings. The van der Waals surface area contributed by atoms with Crippen molar-refractivity contribution in [1.82, 2.24) is 4.90 Å². The number of rotatable bonds is 4. The number of likely N-dealkylation sites (N-methyl/N-ethyl adjacent to an activating group) is 1. The molecule has 0 atom stereocenters. The number of hydrogen-bond donors (Lipinski definition) is 0. The molecule has 0 spiro atoms. The van der Waals surface area contributed by atoms with Crippen molar-refractivity contribution in [3.63, 3.8) is 0 Å². The lowest BCUT2D eigenvalue weighted by atomic mass is 10.1. The standard InChI is InChI=1S/C18H12Cl3NO2S2/c1-22-17(23)16(26-18(22)25)8-10-7-11(19)5-6-15(10)24-9-12-13(20)3-2-4-14(12)21/h2-8H,9H2,1H3. The molecule has 0 unspecified atom stereocenters. The maximum absolute atomic E-state index is 12.2. The first-order valence-electron chi connectivity index (χ1n) is 7.43. The number of ether oxygens (including phenoxy) is 1. The summed E-state index contributed by atoms with van der Waals surface area (Å²) in [6.45, 7) is 0.190. The normalized spacial score (nSPS) is 15.8. The van der Waals surface area contributed by atoms with Crippen molar-refractivity contribution in [2.24, 2.45) is 0 Å². The lowest BCUT2D eigenvalue weighted by Gasteiger charge is -2.12. The fraction of sp³-hybridized carbons (Fsp3) is 0.111. The molecule has 1 amide bonds. The predicted molar refractivity (Wildman–Crippen MR) is 113 cm³/mol. The van der Waals surface area contributed by atoms with Crippen molar-refractivity contribution < 1.29 is 9.53 Å². The van der Waals surface area contributed by atoms with Gasteiger partial charge in [-0.2, -0.15) is 0 Å². The Hall–Kier alpha value is -1.24. The fourth-order valence-electron chi connectivity index (χ4n) is 2.27. The van der Waals surface area contributed by atoms with Crippen LogP contribution in [-0.4, -0.2) is 22.2 Å². The number of thioether (sulfide) groups is 1. The summed E-state index contributed by atoms with van der Waals surface area (Å²) in [6.07, 6.45) is 1.72. The van der Waals surface area contributed by atoms with Crippen LogP contribution in [0.1, 0.15) is 11.1 Å². The van der Waals surface area contributed by atoms with E-state index in [9.17, 15) is 4.79 Å². The SMILES string of the molecule is CN1C(=O)C(=Cc2cc(Cl)ccc2OCc2c(Cl)cccc2Cl)SC1=S. The molecule has 0 N–H and O–H groups in total. The van der Waals surface area contributed by atoms with E-state index in [1.165, 1.54) is 16.7 Å². The van der Waals surface area contributed by atoms with Crippen LogP contribution in [0.5, 0.6) is 5.75 Å². The van der Waals surface area contributed by atoms with Crippen molar-refractivity contribution in [2.75, 3.05) is 7.05 Å². The number of thiocarbonyl (C=S) groups is 1. The highest BCUT2D eigenvalue weighted by atomic mass is 35.5. The van der Waals surface area contributed by atoms with E-state index in [4.69, 9.17) is 51.8 Å². The van der Waals surface area contributed by atoms with Gasteiger partial charge >= 0.3 is 0 Å². The van der Waals surface area contributed by atoms with E-state index in [0.29, 0.717) is 41.2 Å². The quantitative estimate of drug-likeness (QED) is 0.423. The van der Waals surface area contributed by atoms with Crippen molar-refractivity contribution in [1.29, 1.82) is 0 Å². The van der Waals surface area contributed by atoms with Crippen LogP contribution in [0.2, 0.25) is 15.1 Å². The van der Waals surface area contributed by atoms with Crippen LogP contribution in [0.15, 0.2) is 41.3 Å². The van der Waals surface area contributed by atoms with Gasteiger partial charge in [0.15, 0.2) is 0 Å². The van der Waals surface area contributed by atoms with Gasteiger partial charge in [-0.3, -0.25) is 9.69 Å². The van der Waals surface area contributed by atoms with Gasteiger partial charge in [0, 0.05) is 33.2 Å². The molecule has 1 saturated heterocycles. The first-order valence-corrected chi connectivity index (χ1v) is 9.79. The van der Waals surface area contributed by atoms with Crippen LogP contribution >= 0.6 is 58.8 Å². The van der Waals surface area contributed by atoms with Gasteiger partial charge in [-0.05, 0) is 36.4 Å². The summed E-state index contributed by atoms with van der Waals surface area (Å²) in [4.78, 5) is 14.2. The monoisotopic (exact) mass is 443 g/mol. The number of carbonyl (C=O) groups is 1. The summed E-state index contributed by atoms with van der Waals surface area (Å²) < 4.78 is 6.41. The lowest BCUT2D eigenvalue weighted by Crippen LogP contribution is -2.22. The Morgan fingerprint density at radius 1 is 1.19 bits per heavy atom. The molecule has 1 fully saturated rings. The van der Waals surface area contributed by atoms with E-state index in [1.807, 2.05) is 0 Å². The molecular formula is C18H12Cl3NO2S2. The predicted octanol–water partition coefficient (Wildman–Crippen LogP) is 6.06. The summed E-state index contributed by atoms with van der Waals surface area (Å²) in [6, 6.07) is 10.5. The number of benzene rings is 2. The molecule has 0 saturated carbocycles. The van der Waals surface area contributed by atoms with Crippen molar-refractivity contribution >= 4 is 75.1 Å². The lowest BCUT2D eigenvalue weighted by molar-refractivity contribution is -0.121. The minimum atomic E-state index is -0.153. The molecule has 0 aliphatic carbocycles. The largest absolute Gasteiger partial charge is 0.488 e. The highest BCUT2D eigenvalue weighted by Crippen LogP contribution is 2.35. The smallest absolute Gasteiger partial charge is 0.265 e. The molecule has 1 heterocycles. The Kier molecular flexibility index (Phi) is 6.15. The minimum absolute atomic E-state index is 0.153.